The van der Waals surface area contributed by atoms with E-state index in [0.29, 0.717) is 0 Å². The van der Waals surface area contributed by atoms with Crippen molar-refractivity contribution in [2.75, 3.05) is 5.75 Å². The summed E-state index contributed by atoms with van der Waals surface area (Å²) in [6.45, 7) is 5.15. The van der Waals surface area contributed by atoms with E-state index < -0.39 is 0 Å². The summed E-state index contributed by atoms with van der Waals surface area (Å²) in [5.74, 6) is 1.05. The minimum absolute atomic E-state index is 0.954. The highest BCUT2D eigenvalue weighted by molar-refractivity contribution is 7.99. The summed E-state index contributed by atoms with van der Waals surface area (Å²) in [6.07, 6.45) is 1.76. The molecule has 0 fully saturated rings. The van der Waals surface area contributed by atoms with E-state index in [1.54, 1.807) is 18.1 Å². The van der Waals surface area contributed by atoms with E-state index in [1.165, 1.54) is 0 Å². The molecular formula is C6H11N3S. The van der Waals surface area contributed by atoms with Crippen LogP contribution in [0.5, 0.6) is 0 Å². The zero-order chi connectivity index (χ0) is 7.40. The molecule has 1 heterocycles. The van der Waals surface area contributed by atoms with Gasteiger partial charge in [0.1, 0.15) is 6.33 Å². The van der Waals surface area contributed by atoms with Gasteiger partial charge in [0.25, 0.3) is 0 Å². The fourth-order valence-corrected chi connectivity index (χ4v) is 1.41. The van der Waals surface area contributed by atoms with Gasteiger partial charge in [-0.3, -0.25) is 0 Å². The summed E-state index contributed by atoms with van der Waals surface area (Å²) < 4.78 is 2.04. The number of aromatic nitrogens is 3. The Morgan fingerprint density at radius 1 is 1.60 bits per heavy atom. The Balaban J connectivity index is 2.70. The molecule has 56 valence electrons. The van der Waals surface area contributed by atoms with Gasteiger partial charge in [-0.1, -0.05) is 18.7 Å². The molecule has 0 amide bonds. The van der Waals surface area contributed by atoms with E-state index in [9.17, 15) is 0 Å². The van der Waals surface area contributed by atoms with Gasteiger partial charge < -0.3 is 4.57 Å². The van der Waals surface area contributed by atoms with Crippen LogP contribution in [0.25, 0.3) is 0 Å². The molecule has 0 aliphatic carbocycles. The lowest BCUT2D eigenvalue weighted by Gasteiger charge is -1.98. The molecule has 0 saturated carbocycles. The van der Waals surface area contributed by atoms with Crippen molar-refractivity contribution >= 4 is 11.8 Å². The Hall–Kier alpha value is -0.510. The summed E-state index contributed by atoms with van der Waals surface area (Å²) in [5, 5.41) is 8.77. The van der Waals surface area contributed by atoms with Crippen LogP contribution < -0.4 is 0 Å². The van der Waals surface area contributed by atoms with Crippen LogP contribution in [-0.4, -0.2) is 20.5 Å². The lowest BCUT2D eigenvalue weighted by Crippen LogP contribution is -1.93. The monoisotopic (exact) mass is 157 g/mol. The molecule has 1 aromatic rings. The topological polar surface area (TPSA) is 30.7 Å². The fourth-order valence-electron chi connectivity index (χ4n) is 0.702. The molecule has 3 nitrogen and oxygen atoms in total. The maximum Gasteiger partial charge on any atom is 0.190 e. The second-order valence-corrected chi connectivity index (χ2v) is 3.06. The molecule has 0 N–H and O–H groups in total. The van der Waals surface area contributed by atoms with Crippen molar-refractivity contribution in [3.63, 3.8) is 0 Å². The van der Waals surface area contributed by atoms with Crippen LogP contribution >= 0.6 is 11.8 Å². The molecule has 0 unspecified atom stereocenters. The molecule has 0 aromatic carbocycles. The number of rotatable bonds is 3. The first-order chi connectivity index (χ1) is 4.88. The molecule has 0 atom stereocenters. The molecule has 1 aromatic heterocycles. The van der Waals surface area contributed by atoms with E-state index in [0.717, 1.165) is 17.5 Å². The van der Waals surface area contributed by atoms with Crippen molar-refractivity contribution in [2.45, 2.75) is 25.5 Å². The van der Waals surface area contributed by atoms with E-state index in [-0.39, 0.29) is 0 Å². The van der Waals surface area contributed by atoms with Crippen molar-refractivity contribution in [2.24, 2.45) is 0 Å². The van der Waals surface area contributed by atoms with Gasteiger partial charge >= 0.3 is 0 Å². The largest absolute Gasteiger partial charge is 0.309 e. The van der Waals surface area contributed by atoms with Crippen LogP contribution in [-0.2, 0) is 6.54 Å². The SMILES string of the molecule is CCSc1nncn1CC. The van der Waals surface area contributed by atoms with Crippen molar-refractivity contribution in [3.8, 4) is 0 Å². The first kappa shape index (κ1) is 7.60. The van der Waals surface area contributed by atoms with E-state index >= 15 is 0 Å². The maximum atomic E-state index is 3.95. The quantitative estimate of drug-likeness (QED) is 0.621. The van der Waals surface area contributed by atoms with Crippen LogP contribution in [0.15, 0.2) is 11.5 Å². The highest BCUT2D eigenvalue weighted by Gasteiger charge is 1.99. The molecule has 0 saturated heterocycles. The Labute approximate surface area is 64.8 Å². The highest BCUT2D eigenvalue weighted by Crippen LogP contribution is 2.12. The summed E-state index contributed by atoms with van der Waals surface area (Å²) >= 11 is 1.72. The minimum atomic E-state index is 0.954. The molecule has 0 bridgehead atoms. The van der Waals surface area contributed by atoms with E-state index in [4.69, 9.17) is 0 Å². The Morgan fingerprint density at radius 3 is 3.00 bits per heavy atom. The second kappa shape index (κ2) is 3.61. The predicted octanol–water partition coefficient (Wildman–Crippen LogP) is 1.41. The number of nitrogens with zero attached hydrogens (tertiary/aromatic N) is 3. The van der Waals surface area contributed by atoms with Crippen LogP contribution in [0.1, 0.15) is 13.8 Å². The molecule has 1 rings (SSSR count). The lowest BCUT2D eigenvalue weighted by molar-refractivity contribution is 0.681. The third-order valence-electron chi connectivity index (χ3n) is 1.19. The third kappa shape index (κ3) is 1.50. The average molecular weight is 157 g/mol. The Morgan fingerprint density at radius 2 is 2.40 bits per heavy atom. The molecule has 0 radical (unpaired) electrons. The smallest absolute Gasteiger partial charge is 0.190 e. The van der Waals surface area contributed by atoms with Gasteiger partial charge in [0.2, 0.25) is 0 Å². The van der Waals surface area contributed by atoms with Gasteiger partial charge in [-0.25, -0.2) is 0 Å². The second-order valence-electron chi connectivity index (χ2n) is 1.83. The van der Waals surface area contributed by atoms with Gasteiger partial charge in [-0.15, -0.1) is 10.2 Å². The molecule has 10 heavy (non-hydrogen) atoms. The van der Waals surface area contributed by atoms with E-state index in [2.05, 4.69) is 24.0 Å². The molecule has 0 aliphatic rings. The van der Waals surface area contributed by atoms with Gasteiger partial charge in [0.15, 0.2) is 5.16 Å². The van der Waals surface area contributed by atoms with E-state index in [1.807, 2.05) is 4.57 Å². The van der Waals surface area contributed by atoms with Gasteiger partial charge in [-0.2, -0.15) is 0 Å². The first-order valence-corrected chi connectivity index (χ1v) is 4.37. The standard InChI is InChI=1S/C6H11N3S/c1-3-9-5-7-8-6(9)10-4-2/h5H,3-4H2,1-2H3. The molecule has 0 aliphatic heterocycles. The number of hydrogen-bond acceptors (Lipinski definition) is 3. The van der Waals surface area contributed by atoms with Gasteiger partial charge in [-0.05, 0) is 12.7 Å². The summed E-state index contributed by atoms with van der Waals surface area (Å²) in [6, 6.07) is 0. The van der Waals surface area contributed by atoms with Crippen molar-refractivity contribution in [1.29, 1.82) is 0 Å². The average Bonchev–Trinajstić information content (AvgIpc) is 2.36. The molecular weight excluding hydrogens is 146 g/mol. The lowest BCUT2D eigenvalue weighted by atomic mass is 10.7. The molecule has 0 spiro atoms. The minimum Gasteiger partial charge on any atom is -0.309 e. The van der Waals surface area contributed by atoms with Crippen LogP contribution in [0.4, 0.5) is 0 Å². The number of aryl methyl sites for hydroxylation is 1. The van der Waals surface area contributed by atoms with Gasteiger partial charge in [0.05, 0.1) is 0 Å². The fraction of sp³-hybridized carbons (Fsp3) is 0.667. The third-order valence-corrected chi connectivity index (χ3v) is 2.06. The number of hydrogen-bond donors (Lipinski definition) is 0. The zero-order valence-corrected chi connectivity index (χ0v) is 7.06. The normalized spacial score (nSPS) is 10.2. The van der Waals surface area contributed by atoms with Crippen LogP contribution in [0, 0.1) is 0 Å². The zero-order valence-electron chi connectivity index (χ0n) is 6.24. The maximum absolute atomic E-state index is 3.95. The summed E-state index contributed by atoms with van der Waals surface area (Å²) in [7, 11) is 0. The highest BCUT2D eigenvalue weighted by atomic mass is 32.2. The van der Waals surface area contributed by atoms with Crippen LogP contribution in [0.3, 0.4) is 0 Å². The van der Waals surface area contributed by atoms with Gasteiger partial charge in [0, 0.05) is 6.54 Å². The predicted molar refractivity (Wildman–Crippen MR) is 42.1 cm³/mol. The number of thioether (sulfide) groups is 1. The van der Waals surface area contributed by atoms with Crippen molar-refractivity contribution in [1.82, 2.24) is 14.8 Å². The van der Waals surface area contributed by atoms with Crippen LogP contribution in [0.2, 0.25) is 0 Å². The van der Waals surface area contributed by atoms with Crippen molar-refractivity contribution < 1.29 is 0 Å². The summed E-state index contributed by atoms with van der Waals surface area (Å²) in [4.78, 5) is 0. The first-order valence-electron chi connectivity index (χ1n) is 3.39. The molecule has 4 heteroatoms. The van der Waals surface area contributed by atoms with Crippen molar-refractivity contribution in [3.05, 3.63) is 6.33 Å². The Bertz CT molecular complexity index is 197. The Kier molecular flexibility index (Phi) is 2.74. The summed E-state index contributed by atoms with van der Waals surface area (Å²) in [5.41, 5.74) is 0.